The Balaban J connectivity index is 1.74. The summed E-state index contributed by atoms with van der Waals surface area (Å²) in [6.07, 6.45) is 3.20. The van der Waals surface area contributed by atoms with Gasteiger partial charge in [-0.2, -0.15) is 0 Å². The largest absolute Gasteiger partial charge is 0.388 e. The molecule has 1 aliphatic heterocycles. The summed E-state index contributed by atoms with van der Waals surface area (Å²) >= 11 is 5.84. The number of halogens is 1. The van der Waals surface area contributed by atoms with Gasteiger partial charge in [0.1, 0.15) is 0 Å². The molecule has 2 aromatic rings. The van der Waals surface area contributed by atoms with Crippen molar-refractivity contribution >= 4 is 17.5 Å². The Labute approximate surface area is 134 Å². The molecule has 1 aromatic carbocycles. The van der Waals surface area contributed by atoms with Gasteiger partial charge in [0.2, 0.25) is 5.95 Å². The van der Waals surface area contributed by atoms with Crippen molar-refractivity contribution in [3.05, 3.63) is 53.3 Å². The number of benzene rings is 1. The first-order chi connectivity index (χ1) is 10.7. The summed E-state index contributed by atoms with van der Waals surface area (Å²) < 4.78 is 5.56. The second-order valence-corrected chi connectivity index (χ2v) is 5.72. The van der Waals surface area contributed by atoms with Gasteiger partial charge in [-0.1, -0.05) is 41.9 Å². The van der Waals surface area contributed by atoms with Crippen LogP contribution < -0.4 is 4.90 Å². The van der Waals surface area contributed by atoms with Crippen molar-refractivity contribution in [2.24, 2.45) is 0 Å². The standard InChI is InChI=1S/C16H18ClN3O2/c17-13-9-18-16(19-10-13)20-6-7-22-11-14(20)8-15(21)12-4-2-1-3-5-12/h1-5,9-10,14-15,21H,6-8,11H2/t14-,15+/m1/s1. The maximum absolute atomic E-state index is 10.4. The molecule has 22 heavy (non-hydrogen) atoms. The molecule has 6 heteroatoms. The normalized spacial score (nSPS) is 19.9. The summed E-state index contributed by atoms with van der Waals surface area (Å²) in [5.41, 5.74) is 0.907. The molecule has 0 aliphatic carbocycles. The van der Waals surface area contributed by atoms with Crippen LogP contribution in [0.15, 0.2) is 42.7 Å². The molecule has 2 heterocycles. The number of rotatable bonds is 4. The van der Waals surface area contributed by atoms with Gasteiger partial charge in [-0.25, -0.2) is 9.97 Å². The highest BCUT2D eigenvalue weighted by molar-refractivity contribution is 6.30. The van der Waals surface area contributed by atoms with Crippen LogP contribution >= 0.6 is 11.6 Å². The molecule has 0 unspecified atom stereocenters. The molecule has 1 aliphatic rings. The van der Waals surface area contributed by atoms with Crippen molar-refractivity contribution in [1.82, 2.24) is 9.97 Å². The fourth-order valence-corrected chi connectivity index (χ4v) is 2.73. The summed E-state index contributed by atoms with van der Waals surface area (Å²) in [5, 5.41) is 10.9. The number of aliphatic hydroxyl groups excluding tert-OH is 1. The lowest BCUT2D eigenvalue weighted by Crippen LogP contribution is -2.47. The van der Waals surface area contributed by atoms with E-state index in [1.165, 1.54) is 0 Å². The Morgan fingerprint density at radius 2 is 2.00 bits per heavy atom. The highest BCUT2D eigenvalue weighted by Crippen LogP contribution is 2.25. The Hall–Kier alpha value is -1.69. The lowest BCUT2D eigenvalue weighted by molar-refractivity contribution is 0.0672. The second kappa shape index (κ2) is 7.05. The van der Waals surface area contributed by atoms with E-state index in [-0.39, 0.29) is 6.04 Å². The Morgan fingerprint density at radius 1 is 1.27 bits per heavy atom. The molecule has 1 aromatic heterocycles. The zero-order valence-corrected chi connectivity index (χ0v) is 12.9. The molecule has 1 saturated heterocycles. The average Bonchev–Trinajstić information content (AvgIpc) is 2.57. The van der Waals surface area contributed by atoms with Crippen LogP contribution in [0.4, 0.5) is 5.95 Å². The number of anilines is 1. The van der Waals surface area contributed by atoms with E-state index in [0.29, 0.717) is 37.2 Å². The minimum absolute atomic E-state index is 0.0325. The SMILES string of the molecule is O[C@@H](C[C@@H]1COCCN1c1ncc(Cl)cn1)c1ccccc1. The molecule has 2 atom stereocenters. The Kier molecular flexibility index (Phi) is 4.87. The molecule has 0 amide bonds. The number of morpholine rings is 1. The highest BCUT2D eigenvalue weighted by Gasteiger charge is 2.27. The third-order valence-electron chi connectivity index (χ3n) is 3.77. The van der Waals surface area contributed by atoms with Crippen LogP contribution in [0.2, 0.25) is 5.02 Å². The first kappa shape index (κ1) is 15.2. The topological polar surface area (TPSA) is 58.5 Å². The predicted molar refractivity (Wildman–Crippen MR) is 85.0 cm³/mol. The third kappa shape index (κ3) is 3.55. The van der Waals surface area contributed by atoms with Crippen molar-refractivity contribution in [1.29, 1.82) is 0 Å². The zero-order chi connectivity index (χ0) is 15.4. The van der Waals surface area contributed by atoms with E-state index < -0.39 is 6.10 Å². The Bertz CT molecular complexity index is 594. The smallest absolute Gasteiger partial charge is 0.225 e. The van der Waals surface area contributed by atoms with Gasteiger partial charge in [-0.3, -0.25) is 0 Å². The van der Waals surface area contributed by atoms with Gasteiger partial charge in [0.25, 0.3) is 0 Å². The number of nitrogens with zero attached hydrogens (tertiary/aromatic N) is 3. The molecule has 1 fully saturated rings. The molecule has 1 N–H and O–H groups in total. The molecular weight excluding hydrogens is 302 g/mol. The van der Waals surface area contributed by atoms with Crippen molar-refractivity contribution in [2.75, 3.05) is 24.7 Å². The van der Waals surface area contributed by atoms with Crippen LogP contribution in [-0.4, -0.2) is 40.9 Å². The average molecular weight is 320 g/mol. The van der Waals surface area contributed by atoms with Crippen LogP contribution in [0.5, 0.6) is 0 Å². The highest BCUT2D eigenvalue weighted by atomic mass is 35.5. The molecule has 0 bridgehead atoms. The molecule has 0 saturated carbocycles. The van der Waals surface area contributed by atoms with Gasteiger partial charge in [-0.15, -0.1) is 0 Å². The number of hydrogen-bond donors (Lipinski definition) is 1. The first-order valence-corrected chi connectivity index (χ1v) is 7.67. The molecule has 0 radical (unpaired) electrons. The number of aromatic nitrogens is 2. The fraction of sp³-hybridized carbons (Fsp3) is 0.375. The maximum atomic E-state index is 10.4. The quantitative estimate of drug-likeness (QED) is 0.938. The van der Waals surface area contributed by atoms with Crippen molar-refractivity contribution in [3.8, 4) is 0 Å². The van der Waals surface area contributed by atoms with Crippen LogP contribution in [-0.2, 0) is 4.74 Å². The van der Waals surface area contributed by atoms with Gasteiger partial charge in [0, 0.05) is 13.0 Å². The lowest BCUT2D eigenvalue weighted by Gasteiger charge is -2.36. The summed E-state index contributed by atoms with van der Waals surface area (Å²) in [6, 6.07) is 9.68. The molecule has 116 valence electrons. The van der Waals surface area contributed by atoms with E-state index in [1.54, 1.807) is 12.4 Å². The molecule has 0 spiro atoms. The summed E-state index contributed by atoms with van der Waals surface area (Å²) in [5.74, 6) is 0.623. The molecule has 3 rings (SSSR count). The molecular formula is C16H18ClN3O2. The maximum Gasteiger partial charge on any atom is 0.225 e. The Morgan fingerprint density at radius 3 is 2.73 bits per heavy atom. The zero-order valence-electron chi connectivity index (χ0n) is 12.1. The number of aliphatic hydroxyl groups is 1. The summed E-state index contributed by atoms with van der Waals surface area (Å²) in [6.45, 7) is 1.88. The van der Waals surface area contributed by atoms with Crippen molar-refractivity contribution in [3.63, 3.8) is 0 Å². The lowest BCUT2D eigenvalue weighted by atomic mass is 10.0. The van der Waals surface area contributed by atoms with Crippen LogP contribution in [0, 0.1) is 0 Å². The van der Waals surface area contributed by atoms with E-state index in [4.69, 9.17) is 16.3 Å². The predicted octanol–water partition coefficient (Wildman–Crippen LogP) is 2.46. The van der Waals surface area contributed by atoms with Crippen LogP contribution in [0.25, 0.3) is 0 Å². The van der Waals surface area contributed by atoms with E-state index in [9.17, 15) is 5.11 Å². The fourth-order valence-electron chi connectivity index (χ4n) is 2.64. The van der Waals surface area contributed by atoms with E-state index in [1.807, 2.05) is 30.3 Å². The minimum Gasteiger partial charge on any atom is -0.388 e. The monoisotopic (exact) mass is 319 g/mol. The second-order valence-electron chi connectivity index (χ2n) is 5.29. The van der Waals surface area contributed by atoms with Gasteiger partial charge < -0.3 is 14.7 Å². The minimum atomic E-state index is -0.539. The van der Waals surface area contributed by atoms with Crippen LogP contribution in [0.1, 0.15) is 18.1 Å². The van der Waals surface area contributed by atoms with Gasteiger partial charge in [-0.05, 0) is 5.56 Å². The number of ether oxygens (including phenoxy) is 1. The summed E-state index contributed by atoms with van der Waals surface area (Å²) in [7, 11) is 0. The van der Waals surface area contributed by atoms with Gasteiger partial charge in [0.15, 0.2) is 0 Å². The first-order valence-electron chi connectivity index (χ1n) is 7.29. The van der Waals surface area contributed by atoms with Gasteiger partial charge >= 0.3 is 0 Å². The van der Waals surface area contributed by atoms with E-state index in [2.05, 4.69) is 14.9 Å². The third-order valence-corrected chi connectivity index (χ3v) is 3.97. The van der Waals surface area contributed by atoms with E-state index >= 15 is 0 Å². The number of hydrogen-bond acceptors (Lipinski definition) is 5. The molecule has 5 nitrogen and oxygen atoms in total. The van der Waals surface area contributed by atoms with E-state index in [0.717, 1.165) is 5.56 Å². The van der Waals surface area contributed by atoms with Crippen molar-refractivity contribution in [2.45, 2.75) is 18.6 Å². The van der Waals surface area contributed by atoms with Crippen LogP contribution in [0.3, 0.4) is 0 Å². The summed E-state index contributed by atoms with van der Waals surface area (Å²) in [4.78, 5) is 10.6. The van der Waals surface area contributed by atoms with Crippen molar-refractivity contribution < 1.29 is 9.84 Å². The van der Waals surface area contributed by atoms with Gasteiger partial charge in [0.05, 0.1) is 42.8 Å².